The van der Waals surface area contributed by atoms with Crippen LogP contribution in [0.25, 0.3) is 5.65 Å². The van der Waals surface area contributed by atoms with E-state index in [4.69, 9.17) is 0 Å². The van der Waals surface area contributed by atoms with Crippen LogP contribution in [0, 0.1) is 5.82 Å². The fraction of sp³-hybridized carbons (Fsp3) is 0.316. The van der Waals surface area contributed by atoms with E-state index in [0.29, 0.717) is 11.2 Å². The maximum absolute atomic E-state index is 13.4. The molecular weight excluding hydrogens is 349 g/mol. The van der Waals surface area contributed by atoms with Crippen LogP contribution in [0.3, 0.4) is 0 Å². The van der Waals surface area contributed by atoms with Crippen molar-refractivity contribution in [1.82, 2.24) is 19.5 Å². The maximum atomic E-state index is 13.4. The Balaban J connectivity index is 1.44. The van der Waals surface area contributed by atoms with Crippen molar-refractivity contribution < 1.29 is 9.18 Å². The number of pyridine rings is 1. The zero-order valence-electron chi connectivity index (χ0n) is 14.9. The summed E-state index contributed by atoms with van der Waals surface area (Å²) in [6.07, 6.45) is 3.17. The number of rotatable bonds is 3. The van der Waals surface area contributed by atoms with Crippen LogP contribution in [0.1, 0.15) is 23.2 Å². The lowest BCUT2D eigenvalue weighted by atomic mass is 10.0. The highest BCUT2D eigenvalue weighted by atomic mass is 19.1. The molecule has 3 heterocycles. The van der Waals surface area contributed by atoms with Crippen molar-refractivity contribution in [3.63, 3.8) is 0 Å². The predicted molar refractivity (Wildman–Crippen MR) is 99.5 cm³/mol. The predicted octanol–water partition coefficient (Wildman–Crippen LogP) is 1.90. The summed E-state index contributed by atoms with van der Waals surface area (Å²) in [5.74, 6) is -0.341. The fourth-order valence-corrected chi connectivity index (χ4v) is 3.59. The van der Waals surface area contributed by atoms with Gasteiger partial charge in [-0.05, 0) is 43.2 Å². The number of H-pyrrole nitrogens is 1. The van der Waals surface area contributed by atoms with Crippen molar-refractivity contribution in [2.75, 3.05) is 25.0 Å². The minimum atomic E-state index is -0.331. The van der Waals surface area contributed by atoms with Gasteiger partial charge in [0.05, 0.1) is 0 Å². The van der Waals surface area contributed by atoms with E-state index >= 15 is 0 Å². The Morgan fingerprint density at radius 2 is 2.04 bits per heavy atom. The zero-order chi connectivity index (χ0) is 19.0. The molecule has 8 heteroatoms. The van der Waals surface area contributed by atoms with E-state index in [2.05, 4.69) is 15.1 Å². The monoisotopic (exact) mass is 369 g/mol. The first-order chi connectivity index (χ1) is 13.0. The van der Waals surface area contributed by atoms with Gasteiger partial charge in [-0.3, -0.25) is 9.20 Å². The largest absolute Gasteiger partial charge is 0.371 e. The van der Waals surface area contributed by atoms with Gasteiger partial charge in [0.25, 0.3) is 5.91 Å². The number of benzene rings is 1. The van der Waals surface area contributed by atoms with Crippen LogP contribution in [0.5, 0.6) is 0 Å². The lowest BCUT2D eigenvalue weighted by Crippen LogP contribution is -2.45. The third-order valence-electron chi connectivity index (χ3n) is 5.17. The molecule has 0 saturated carbocycles. The van der Waals surface area contributed by atoms with E-state index in [1.807, 2.05) is 6.07 Å². The number of hydrogen-bond acceptors (Lipinski definition) is 4. The highest BCUT2D eigenvalue weighted by molar-refractivity contribution is 5.95. The summed E-state index contributed by atoms with van der Waals surface area (Å²) in [5.41, 5.74) is 1.45. The molecule has 1 aromatic carbocycles. The topological polar surface area (TPSA) is 73.7 Å². The fourth-order valence-electron chi connectivity index (χ4n) is 3.59. The van der Waals surface area contributed by atoms with E-state index in [1.165, 1.54) is 16.5 Å². The van der Waals surface area contributed by atoms with Crippen LogP contribution in [0.15, 0.2) is 47.4 Å². The summed E-state index contributed by atoms with van der Waals surface area (Å²) in [7, 11) is 1.80. The lowest BCUT2D eigenvalue weighted by molar-refractivity contribution is 0.0709. The Bertz CT molecular complexity index is 1040. The molecule has 0 aliphatic carbocycles. The van der Waals surface area contributed by atoms with Gasteiger partial charge in [0.1, 0.15) is 5.82 Å². The highest BCUT2D eigenvalue weighted by Gasteiger charge is 2.26. The Labute approximate surface area is 155 Å². The molecule has 27 heavy (non-hydrogen) atoms. The van der Waals surface area contributed by atoms with Gasteiger partial charge < -0.3 is 9.80 Å². The molecule has 7 nitrogen and oxygen atoms in total. The first-order valence-electron chi connectivity index (χ1n) is 8.87. The first-order valence-corrected chi connectivity index (χ1v) is 8.87. The van der Waals surface area contributed by atoms with E-state index in [9.17, 15) is 14.0 Å². The molecule has 1 N–H and O–H groups in total. The summed E-state index contributed by atoms with van der Waals surface area (Å²) in [6.45, 7) is 1.53. The summed E-state index contributed by atoms with van der Waals surface area (Å²) in [6, 6.07) is 9.94. The second-order valence-corrected chi connectivity index (χ2v) is 6.79. The average Bonchev–Trinajstić information content (AvgIpc) is 3.07. The quantitative estimate of drug-likeness (QED) is 0.765. The zero-order valence-corrected chi connectivity index (χ0v) is 14.9. The van der Waals surface area contributed by atoms with Crippen LogP contribution in [-0.4, -0.2) is 51.6 Å². The Morgan fingerprint density at radius 1 is 1.26 bits per heavy atom. The van der Waals surface area contributed by atoms with Gasteiger partial charge in [0.15, 0.2) is 5.65 Å². The number of nitrogens with zero attached hydrogens (tertiary/aromatic N) is 4. The van der Waals surface area contributed by atoms with Crippen molar-refractivity contribution in [1.29, 1.82) is 0 Å². The summed E-state index contributed by atoms with van der Waals surface area (Å²) in [5, 5.41) is 6.26. The molecule has 140 valence electrons. The molecule has 1 fully saturated rings. The molecule has 0 spiro atoms. The number of halogens is 1. The molecule has 4 rings (SSSR count). The van der Waals surface area contributed by atoms with Gasteiger partial charge in [0.2, 0.25) is 0 Å². The average molecular weight is 369 g/mol. The Hall–Kier alpha value is -3.16. The van der Waals surface area contributed by atoms with E-state index in [0.717, 1.165) is 31.6 Å². The Kier molecular flexibility index (Phi) is 4.39. The smallest absolute Gasteiger partial charge is 0.347 e. The van der Waals surface area contributed by atoms with Crippen LogP contribution in [0.4, 0.5) is 10.1 Å². The number of amides is 1. The molecular formula is C19H20FN5O2. The number of anilines is 1. The SMILES string of the molecule is CN(C(=O)c1ccn2c(=O)[nH]nc2c1)C1CCN(c2cccc(F)c2)CC1. The van der Waals surface area contributed by atoms with E-state index in [-0.39, 0.29) is 23.5 Å². The number of piperidine rings is 1. The molecule has 0 atom stereocenters. The molecule has 0 radical (unpaired) electrons. The van der Waals surface area contributed by atoms with Crippen LogP contribution in [-0.2, 0) is 0 Å². The third-order valence-corrected chi connectivity index (χ3v) is 5.17. The highest BCUT2D eigenvalue weighted by Crippen LogP contribution is 2.23. The third kappa shape index (κ3) is 3.30. The van der Waals surface area contributed by atoms with Crippen LogP contribution >= 0.6 is 0 Å². The first kappa shape index (κ1) is 17.3. The molecule has 0 unspecified atom stereocenters. The second-order valence-electron chi connectivity index (χ2n) is 6.79. The van der Waals surface area contributed by atoms with Crippen molar-refractivity contribution in [3.8, 4) is 0 Å². The lowest BCUT2D eigenvalue weighted by Gasteiger charge is -2.38. The number of aromatic nitrogens is 3. The van der Waals surface area contributed by atoms with Gasteiger partial charge in [-0.15, -0.1) is 0 Å². The van der Waals surface area contributed by atoms with Crippen molar-refractivity contribution in [3.05, 3.63) is 64.5 Å². The minimum Gasteiger partial charge on any atom is -0.371 e. The number of aromatic amines is 1. The van der Waals surface area contributed by atoms with Gasteiger partial charge in [-0.2, -0.15) is 5.10 Å². The number of nitrogens with one attached hydrogen (secondary N) is 1. The number of hydrogen-bond donors (Lipinski definition) is 1. The van der Waals surface area contributed by atoms with Crippen LogP contribution < -0.4 is 10.6 Å². The molecule has 1 saturated heterocycles. The molecule has 1 amide bonds. The second kappa shape index (κ2) is 6.86. The normalized spacial score (nSPS) is 15.3. The molecule has 1 aliphatic heterocycles. The maximum Gasteiger partial charge on any atom is 0.347 e. The molecule has 0 bridgehead atoms. The van der Waals surface area contributed by atoms with Gasteiger partial charge >= 0.3 is 5.69 Å². The summed E-state index contributed by atoms with van der Waals surface area (Å²) in [4.78, 5) is 28.2. The van der Waals surface area contributed by atoms with E-state index < -0.39 is 0 Å². The van der Waals surface area contributed by atoms with E-state index in [1.54, 1.807) is 36.3 Å². The summed E-state index contributed by atoms with van der Waals surface area (Å²) >= 11 is 0. The van der Waals surface area contributed by atoms with Gasteiger partial charge in [-0.25, -0.2) is 14.3 Å². The Morgan fingerprint density at radius 3 is 2.78 bits per heavy atom. The molecule has 1 aliphatic rings. The number of fused-ring (bicyclic) bond motifs is 1. The van der Waals surface area contributed by atoms with Crippen molar-refractivity contribution in [2.24, 2.45) is 0 Å². The molecule has 2 aromatic heterocycles. The van der Waals surface area contributed by atoms with Gasteiger partial charge in [-0.1, -0.05) is 6.07 Å². The van der Waals surface area contributed by atoms with Gasteiger partial charge in [0, 0.05) is 43.6 Å². The number of carbonyl (C=O) groups excluding carboxylic acids is 1. The van der Waals surface area contributed by atoms with Crippen LogP contribution in [0.2, 0.25) is 0 Å². The minimum absolute atomic E-state index is 0.0999. The van der Waals surface area contributed by atoms with Crippen molar-refractivity contribution in [2.45, 2.75) is 18.9 Å². The standard InChI is InChI=1S/C19H20FN5O2/c1-23(18(26)13-5-10-25-17(11-13)21-22-19(25)27)15-6-8-24(9-7-15)16-4-2-3-14(20)12-16/h2-5,10-12,15H,6-9H2,1H3,(H,22,27). The van der Waals surface area contributed by atoms with Crippen molar-refractivity contribution >= 4 is 17.2 Å². The summed E-state index contributed by atoms with van der Waals surface area (Å²) < 4.78 is 14.8. The molecule has 3 aromatic rings. The number of carbonyl (C=O) groups is 1.